The number of imidazole rings is 1. The van der Waals surface area contributed by atoms with Gasteiger partial charge in [-0.25, -0.2) is 4.79 Å². The number of rotatable bonds is 5. The smallest absolute Gasteiger partial charge is 0.332 e. The summed E-state index contributed by atoms with van der Waals surface area (Å²) in [6.07, 6.45) is 0. The highest BCUT2D eigenvalue weighted by Gasteiger charge is 2.13. The topological polar surface area (TPSA) is 93.9 Å². The zero-order chi connectivity index (χ0) is 14.0. The van der Waals surface area contributed by atoms with Crippen molar-refractivity contribution in [2.45, 2.75) is 6.92 Å². The number of fused-ring (bicyclic) bond motifs is 1. The van der Waals surface area contributed by atoms with Crippen LogP contribution in [0.5, 0.6) is 6.01 Å². The highest BCUT2D eigenvalue weighted by molar-refractivity contribution is 5.70. The Hall–Kier alpha value is -2.09. The molecule has 2 rings (SSSR count). The molecule has 0 aromatic carbocycles. The molecule has 8 heteroatoms. The maximum Gasteiger partial charge on any atom is 0.332 e. The highest BCUT2D eigenvalue weighted by atomic mass is 16.5. The van der Waals surface area contributed by atoms with E-state index < -0.39 is 11.2 Å². The number of hydrogen-bond donors (Lipinski definition) is 2. The van der Waals surface area contributed by atoms with Crippen molar-refractivity contribution in [1.82, 2.24) is 24.4 Å². The van der Waals surface area contributed by atoms with Crippen molar-refractivity contribution in [3.63, 3.8) is 0 Å². The van der Waals surface area contributed by atoms with Crippen LogP contribution in [0.2, 0.25) is 0 Å². The van der Waals surface area contributed by atoms with E-state index in [1.54, 1.807) is 7.05 Å². The summed E-state index contributed by atoms with van der Waals surface area (Å²) in [4.78, 5) is 30.5. The Labute approximate surface area is 109 Å². The summed E-state index contributed by atoms with van der Waals surface area (Å²) in [5.74, 6) is 0. The number of hydrogen-bond acceptors (Lipinski definition) is 5. The Kier molecular flexibility index (Phi) is 3.70. The summed E-state index contributed by atoms with van der Waals surface area (Å²) in [6, 6.07) is 0.242. The first kappa shape index (κ1) is 13.3. The third-order valence-corrected chi connectivity index (χ3v) is 2.84. The van der Waals surface area contributed by atoms with Crippen LogP contribution >= 0.6 is 0 Å². The van der Waals surface area contributed by atoms with Gasteiger partial charge in [0.05, 0.1) is 0 Å². The summed E-state index contributed by atoms with van der Waals surface area (Å²) >= 11 is 0. The van der Waals surface area contributed by atoms with Gasteiger partial charge in [-0.1, -0.05) is 6.92 Å². The fourth-order valence-electron chi connectivity index (χ4n) is 1.77. The molecule has 0 fully saturated rings. The summed E-state index contributed by atoms with van der Waals surface area (Å²) < 4.78 is 7.73. The van der Waals surface area contributed by atoms with E-state index in [1.165, 1.54) is 11.6 Å². The van der Waals surface area contributed by atoms with Gasteiger partial charge in [0, 0.05) is 20.6 Å². The molecule has 0 aliphatic carbocycles. The van der Waals surface area contributed by atoms with Crippen molar-refractivity contribution >= 4 is 11.2 Å². The fraction of sp³-hybridized carbons (Fsp3) is 0.545. The maximum atomic E-state index is 11.9. The van der Waals surface area contributed by atoms with Gasteiger partial charge in [-0.15, -0.1) is 0 Å². The largest absolute Gasteiger partial charge is 0.463 e. The first-order chi connectivity index (χ1) is 9.06. The van der Waals surface area contributed by atoms with E-state index in [4.69, 9.17) is 4.74 Å². The molecule has 19 heavy (non-hydrogen) atoms. The number of H-pyrrole nitrogens is 1. The monoisotopic (exact) mass is 267 g/mol. The molecule has 0 aliphatic rings. The quantitative estimate of drug-likeness (QED) is 0.674. The van der Waals surface area contributed by atoms with Gasteiger partial charge in [0.15, 0.2) is 11.2 Å². The van der Waals surface area contributed by atoms with E-state index in [2.05, 4.69) is 15.3 Å². The van der Waals surface area contributed by atoms with Crippen LogP contribution in [0.1, 0.15) is 6.92 Å². The zero-order valence-electron chi connectivity index (χ0n) is 11.2. The molecule has 104 valence electrons. The third-order valence-electron chi connectivity index (χ3n) is 2.84. The highest BCUT2D eigenvalue weighted by Crippen LogP contribution is 2.09. The minimum Gasteiger partial charge on any atom is -0.463 e. The first-order valence-electron chi connectivity index (χ1n) is 6.05. The number of ether oxygens (including phenoxy) is 1. The molecule has 2 heterocycles. The molecule has 8 nitrogen and oxygen atoms in total. The minimum absolute atomic E-state index is 0.242. The second-order valence-corrected chi connectivity index (χ2v) is 4.15. The van der Waals surface area contributed by atoms with E-state index in [1.807, 2.05) is 6.92 Å². The average Bonchev–Trinajstić information content (AvgIpc) is 2.83. The van der Waals surface area contributed by atoms with Crippen LogP contribution in [0, 0.1) is 0 Å². The van der Waals surface area contributed by atoms with Crippen molar-refractivity contribution in [1.29, 1.82) is 0 Å². The van der Waals surface area contributed by atoms with Crippen LogP contribution in [-0.4, -0.2) is 38.8 Å². The van der Waals surface area contributed by atoms with Gasteiger partial charge < -0.3 is 15.0 Å². The Balaban J connectivity index is 2.36. The molecular weight excluding hydrogens is 250 g/mol. The summed E-state index contributed by atoms with van der Waals surface area (Å²) in [6.45, 7) is 3.98. The van der Waals surface area contributed by atoms with E-state index in [0.29, 0.717) is 18.8 Å². The van der Waals surface area contributed by atoms with Crippen LogP contribution in [-0.2, 0) is 14.1 Å². The van der Waals surface area contributed by atoms with Crippen LogP contribution in [0.15, 0.2) is 9.59 Å². The molecule has 0 saturated carbocycles. The first-order valence-corrected chi connectivity index (χ1v) is 6.05. The SMILES string of the molecule is CCNCCOc1nc2c([nH]1)c(=O)n(C)c(=O)n2C. The molecule has 0 bridgehead atoms. The van der Waals surface area contributed by atoms with Gasteiger partial charge in [0.25, 0.3) is 11.6 Å². The molecule has 0 unspecified atom stereocenters. The molecule has 0 saturated heterocycles. The van der Waals surface area contributed by atoms with Crippen molar-refractivity contribution in [2.75, 3.05) is 19.7 Å². The molecule has 0 atom stereocenters. The maximum absolute atomic E-state index is 11.9. The molecule has 0 amide bonds. The molecule has 0 spiro atoms. The second-order valence-electron chi connectivity index (χ2n) is 4.15. The molecule has 2 aromatic rings. The van der Waals surface area contributed by atoms with Crippen molar-refractivity contribution < 1.29 is 4.74 Å². The Morgan fingerprint density at radius 2 is 2.05 bits per heavy atom. The summed E-state index contributed by atoms with van der Waals surface area (Å²) in [5.41, 5.74) is -0.259. The third kappa shape index (κ3) is 2.39. The van der Waals surface area contributed by atoms with Gasteiger partial charge in [0.1, 0.15) is 6.61 Å². The lowest BCUT2D eigenvalue weighted by atomic mass is 10.5. The van der Waals surface area contributed by atoms with E-state index in [0.717, 1.165) is 11.1 Å². The predicted octanol–water partition coefficient (Wildman–Crippen LogP) is -1.05. The lowest BCUT2D eigenvalue weighted by Crippen LogP contribution is -2.36. The van der Waals surface area contributed by atoms with Crippen LogP contribution in [0.3, 0.4) is 0 Å². The van der Waals surface area contributed by atoms with Gasteiger partial charge in [-0.05, 0) is 6.54 Å². The molecule has 0 aliphatic heterocycles. The summed E-state index contributed by atoms with van der Waals surface area (Å²) in [5, 5.41) is 3.11. The number of nitrogens with zero attached hydrogens (tertiary/aromatic N) is 3. The standard InChI is InChI=1S/C11H17N5O3/c1-4-12-5-6-19-10-13-7-8(14-10)15(2)11(18)16(3)9(7)17/h12H,4-6H2,1-3H3,(H,13,14). The van der Waals surface area contributed by atoms with Crippen LogP contribution < -0.4 is 21.3 Å². The van der Waals surface area contributed by atoms with Crippen LogP contribution in [0.4, 0.5) is 0 Å². The molecule has 0 radical (unpaired) electrons. The Morgan fingerprint density at radius 1 is 1.32 bits per heavy atom. The molecule has 2 N–H and O–H groups in total. The van der Waals surface area contributed by atoms with E-state index in [-0.39, 0.29) is 11.5 Å². The van der Waals surface area contributed by atoms with Gasteiger partial charge >= 0.3 is 5.69 Å². The van der Waals surface area contributed by atoms with Gasteiger partial charge in [-0.2, -0.15) is 4.98 Å². The lowest BCUT2D eigenvalue weighted by Gasteiger charge is -2.01. The van der Waals surface area contributed by atoms with Gasteiger partial charge in [0.2, 0.25) is 0 Å². The van der Waals surface area contributed by atoms with E-state index >= 15 is 0 Å². The predicted molar refractivity (Wildman–Crippen MR) is 70.6 cm³/mol. The van der Waals surface area contributed by atoms with Crippen LogP contribution in [0.25, 0.3) is 11.2 Å². The second kappa shape index (κ2) is 5.27. The Morgan fingerprint density at radius 3 is 2.74 bits per heavy atom. The number of aromatic nitrogens is 4. The van der Waals surface area contributed by atoms with Crippen molar-refractivity contribution in [3.8, 4) is 6.01 Å². The lowest BCUT2D eigenvalue weighted by molar-refractivity contribution is 0.295. The number of likely N-dealkylation sites (N-methyl/N-ethyl adjacent to an activating group) is 1. The minimum atomic E-state index is -0.414. The molecular formula is C11H17N5O3. The average molecular weight is 267 g/mol. The number of aromatic amines is 1. The summed E-state index contributed by atoms with van der Waals surface area (Å²) in [7, 11) is 2.99. The number of nitrogens with one attached hydrogen (secondary N) is 2. The van der Waals surface area contributed by atoms with Crippen molar-refractivity contribution in [3.05, 3.63) is 20.8 Å². The van der Waals surface area contributed by atoms with Gasteiger partial charge in [-0.3, -0.25) is 13.9 Å². The molecule has 2 aromatic heterocycles. The normalized spacial score (nSPS) is 11.1. The fourth-order valence-corrected chi connectivity index (χ4v) is 1.77. The Bertz CT molecular complexity index is 697. The zero-order valence-corrected chi connectivity index (χ0v) is 11.2. The van der Waals surface area contributed by atoms with E-state index in [9.17, 15) is 9.59 Å². The number of aryl methyl sites for hydroxylation is 1. The van der Waals surface area contributed by atoms with Crippen molar-refractivity contribution in [2.24, 2.45) is 14.1 Å².